The highest BCUT2D eigenvalue weighted by Crippen LogP contribution is 2.36. The third-order valence-electron chi connectivity index (χ3n) is 10.2. The van der Waals surface area contributed by atoms with Crippen LogP contribution in [0.25, 0.3) is 0 Å². The van der Waals surface area contributed by atoms with Crippen LogP contribution < -0.4 is 5.32 Å². The van der Waals surface area contributed by atoms with Gasteiger partial charge in [0.25, 0.3) is 0 Å². The minimum atomic E-state index is -2.23. The van der Waals surface area contributed by atoms with Crippen LogP contribution in [0, 0.1) is 0 Å². The van der Waals surface area contributed by atoms with Crippen LogP contribution in [0.2, 0.25) is 0 Å². The Hall–Kier alpha value is -1.78. The molecule has 0 aliphatic carbocycles. The first-order valence-corrected chi connectivity index (χ1v) is 18.2. The molecule has 0 saturated carbocycles. The van der Waals surface area contributed by atoms with Crippen molar-refractivity contribution in [1.82, 2.24) is 5.32 Å². The minimum absolute atomic E-state index is 0.122. The highest BCUT2D eigenvalue weighted by Gasteiger charge is 2.57. The van der Waals surface area contributed by atoms with Crippen molar-refractivity contribution < 1.29 is 124 Å². The van der Waals surface area contributed by atoms with Crippen LogP contribution in [-0.4, -0.2) is 262 Å². The topological polar surface area (TPSA) is 423 Å². The van der Waals surface area contributed by atoms with Crippen LogP contribution in [0.15, 0.2) is 0 Å². The van der Waals surface area contributed by atoms with Crippen molar-refractivity contribution in [2.24, 2.45) is 0 Å². The summed E-state index contributed by atoms with van der Waals surface area (Å²) in [5, 5.41) is 159. The zero-order chi connectivity index (χ0) is 43.3. The molecule has 58 heavy (non-hydrogen) atoms. The van der Waals surface area contributed by atoms with Crippen LogP contribution in [0.4, 0.5) is 0 Å². The molecular weight excluding hydrogens is 798 g/mol. The molecule has 24 atom stereocenters. The molecule has 0 aromatic carbocycles. The van der Waals surface area contributed by atoms with E-state index < -0.39 is 180 Å². The maximum absolute atomic E-state index is 12.7. The van der Waals surface area contributed by atoms with E-state index in [0.29, 0.717) is 0 Å². The zero-order valence-corrected chi connectivity index (χ0v) is 31.1. The Labute approximate surface area is 329 Å². The predicted molar refractivity (Wildman–Crippen MR) is 178 cm³/mol. The van der Waals surface area contributed by atoms with E-state index >= 15 is 0 Å². The number of nitrogens with one attached hydrogen (secondary N) is 1. The second kappa shape index (κ2) is 21.3. The lowest BCUT2D eigenvalue weighted by Gasteiger charge is -2.51. The minimum Gasteiger partial charge on any atom is -0.394 e. The number of aliphatic hydroxyl groups is 15. The van der Waals surface area contributed by atoms with Crippen molar-refractivity contribution >= 4 is 12.2 Å². The summed E-state index contributed by atoms with van der Waals surface area (Å²) in [6.07, 6.45) is -43.9. The maximum Gasteiger partial charge on any atom is 0.217 e. The lowest BCUT2D eigenvalue weighted by Crippen LogP contribution is -2.71. The molecule has 26 heteroatoms. The molecule has 4 heterocycles. The molecule has 4 aliphatic heterocycles. The summed E-state index contributed by atoms with van der Waals surface area (Å²) in [7, 11) is 0. The van der Waals surface area contributed by atoms with Crippen molar-refractivity contribution in [3.8, 4) is 0 Å². The Bertz CT molecular complexity index is 1290. The van der Waals surface area contributed by atoms with E-state index in [0.717, 1.165) is 6.92 Å². The summed E-state index contributed by atoms with van der Waals surface area (Å²) in [4.78, 5) is 23.9. The largest absolute Gasteiger partial charge is 0.394 e. The fourth-order valence-electron chi connectivity index (χ4n) is 6.91. The average molecular weight is 854 g/mol. The third-order valence-corrected chi connectivity index (χ3v) is 10.2. The van der Waals surface area contributed by atoms with Gasteiger partial charge in [0.05, 0.1) is 32.5 Å². The molecular formula is C32H55NO25. The average Bonchev–Trinajstić information content (AvgIpc) is 3.20. The maximum atomic E-state index is 12.7. The second-order valence-electron chi connectivity index (χ2n) is 14.3. The molecule has 0 spiro atoms. The summed E-state index contributed by atoms with van der Waals surface area (Å²) < 4.78 is 45.8. The van der Waals surface area contributed by atoms with Crippen molar-refractivity contribution in [1.29, 1.82) is 0 Å². The van der Waals surface area contributed by atoms with Gasteiger partial charge in [0.15, 0.2) is 31.4 Å². The van der Waals surface area contributed by atoms with E-state index in [1.165, 1.54) is 6.92 Å². The fourth-order valence-corrected chi connectivity index (χ4v) is 6.91. The number of carbonyl (C=O) groups is 2. The molecule has 0 aromatic heterocycles. The second-order valence-corrected chi connectivity index (χ2v) is 14.3. The number of rotatable bonds is 17. The summed E-state index contributed by atoms with van der Waals surface area (Å²) in [6.45, 7) is -1.73. The van der Waals surface area contributed by atoms with Gasteiger partial charge in [-0.05, 0) is 6.92 Å². The molecule has 0 unspecified atom stereocenters. The third kappa shape index (κ3) is 10.6. The SMILES string of the molecule is CC(=O)N[C@H]1[C@@H](O[C@H]2[C@H](O)[C@@H](O[C@@H]([C@H](O)[C@H](O)C=O)[C@H](O)CO)O[C@@H](CO)[C@@H]2O)O[C@H](CO)[C@H](O[C@@H]2O[C@H](CO)[C@H](O)[C@H](O)[C@@H]2O)[C@@H]1O[C@@H]1O[C@H](C)[C@H](O)[C@H](O)[C@@H]1O. The number of aldehydes is 1. The zero-order valence-electron chi connectivity index (χ0n) is 31.1. The summed E-state index contributed by atoms with van der Waals surface area (Å²) in [6, 6.07) is -1.77. The smallest absolute Gasteiger partial charge is 0.217 e. The molecule has 4 saturated heterocycles. The van der Waals surface area contributed by atoms with E-state index in [1.807, 2.05) is 0 Å². The van der Waals surface area contributed by atoms with Crippen molar-refractivity contribution in [2.75, 3.05) is 26.4 Å². The predicted octanol–water partition coefficient (Wildman–Crippen LogP) is -10.9. The Morgan fingerprint density at radius 2 is 1.12 bits per heavy atom. The van der Waals surface area contributed by atoms with Gasteiger partial charge in [0.1, 0.15) is 116 Å². The highest BCUT2D eigenvalue weighted by molar-refractivity contribution is 5.73. The number of hydrogen-bond donors (Lipinski definition) is 16. The highest BCUT2D eigenvalue weighted by atomic mass is 16.8. The van der Waals surface area contributed by atoms with E-state index in [9.17, 15) is 86.2 Å². The van der Waals surface area contributed by atoms with Crippen molar-refractivity contribution in [3.05, 3.63) is 0 Å². The van der Waals surface area contributed by atoms with Gasteiger partial charge in [-0.3, -0.25) is 4.79 Å². The van der Waals surface area contributed by atoms with E-state index in [-0.39, 0.29) is 6.29 Å². The Morgan fingerprint density at radius 3 is 1.67 bits per heavy atom. The Balaban J connectivity index is 1.75. The number of ether oxygens (including phenoxy) is 8. The van der Waals surface area contributed by atoms with Crippen LogP contribution in [0.5, 0.6) is 0 Å². The molecule has 0 bridgehead atoms. The first-order chi connectivity index (χ1) is 27.3. The monoisotopic (exact) mass is 853 g/mol. The standard InChI is InChI=1S/C32H55NO25/c1-8-16(42)20(46)22(48)30(51-8)57-27-15(33-9(2)39)29(54-14(7-38)26(27)56-31-23(49)21(47)18(44)12(5-36)52-31)58-28-19(45)13(6-37)53-32(24(28)50)55-25(11(41)4-35)17(43)10(40)3-34/h3,8,10-32,35-38,40-50H,4-7H2,1-2H3,(H,33,39)/t8-,10-,11-,12-,13+,14-,15-,16+,17-,18+,19+,20+,21+,22+,23+,24+,25-,26+,27-,28-,29-,30+,31+,32-/m1/s1. The first-order valence-electron chi connectivity index (χ1n) is 18.2. The Kier molecular flexibility index (Phi) is 18.0. The normalized spacial score (nSPS) is 45.8. The van der Waals surface area contributed by atoms with E-state index in [4.69, 9.17) is 37.9 Å². The van der Waals surface area contributed by atoms with Gasteiger partial charge in [-0.2, -0.15) is 0 Å². The van der Waals surface area contributed by atoms with Crippen LogP contribution in [0.3, 0.4) is 0 Å². The van der Waals surface area contributed by atoms with E-state index in [2.05, 4.69) is 5.32 Å². The summed E-state index contributed by atoms with van der Waals surface area (Å²) in [5.74, 6) is -0.857. The summed E-state index contributed by atoms with van der Waals surface area (Å²) >= 11 is 0. The van der Waals surface area contributed by atoms with Gasteiger partial charge in [-0.15, -0.1) is 0 Å². The number of carbonyl (C=O) groups excluding carboxylic acids is 2. The van der Waals surface area contributed by atoms with E-state index in [1.54, 1.807) is 0 Å². The van der Waals surface area contributed by atoms with Crippen molar-refractivity contribution in [3.63, 3.8) is 0 Å². The van der Waals surface area contributed by atoms with Gasteiger partial charge >= 0.3 is 0 Å². The molecule has 4 rings (SSSR count). The molecule has 1 amide bonds. The van der Waals surface area contributed by atoms with Crippen LogP contribution >= 0.6 is 0 Å². The van der Waals surface area contributed by atoms with Gasteiger partial charge in [-0.25, -0.2) is 0 Å². The Morgan fingerprint density at radius 1 is 0.621 bits per heavy atom. The summed E-state index contributed by atoms with van der Waals surface area (Å²) in [5.41, 5.74) is 0. The number of aliphatic hydroxyl groups excluding tert-OH is 15. The van der Waals surface area contributed by atoms with Crippen LogP contribution in [-0.2, 0) is 47.5 Å². The quantitative estimate of drug-likeness (QED) is 0.0604. The molecule has 4 fully saturated rings. The fraction of sp³-hybridized carbons (Fsp3) is 0.938. The van der Waals surface area contributed by atoms with Crippen LogP contribution in [0.1, 0.15) is 13.8 Å². The lowest BCUT2D eigenvalue weighted by atomic mass is 9.93. The molecule has 4 aliphatic rings. The first kappa shape index (κ1) is 48.9. The van der Waals surface area contributed by atoms with Crippen molar-refractivity contribution in [2.45, 2.75) is 161 Å². The molecule has 0 radical (unpaired) electrons. The van der Waals surface area contributed by atoms with Gasteiger partial charge in [-0.1, -0.05) is 0 Å². The number of hydrogen-bond acceptors (Lipinski definition) is 25. The molecule has 0 aromatic rings. The lowest BCUT2D eigenvalue weighted by molar-refractivity contribution is -0.388. The van der Waals surface area contributed by atoms with Gasteiger partial charge in [0.2, 0.25) is 5.91 Å². The van der Waals surface area contributed by atoms with Gasteiger partial charge in [0, 0.05) is 6.92 Å². The molecule has 26 nitrogen and oxygen atoms in total. The van der Waals surface area contributed by atoms with Gasteiger partial charge < -0.3 is 125 Å². The molecule has 338 valence electrons. The number of amides is 1. The molecule has 16 N–H and O–H groups in total.